The van der Waals surface area contributed by atoms with Gasteiger partial charge in [0.25, 0.3) is 0 Å². The molecule has 1 N–H and O–H groups in total. The summed E-state index contributed by atoms with van der Waals surface area (Å²) in [6.07, 6.45) is 5.93. The van der Waals surface area contributed by atoms with E-state index in [0.29, 0.717) is 39.1 Å². The maximum Gasteiger partial charge on any atom is 0.360 e. The smallest absolute Gasteiger partial charge is 0.360 e. The lowest BCUT2D eigenvalue weighted by atomic mass is 9.77. The van der Waals surface area contributed by atoms with Gasteiger partial charge in [-0.1, -0.05) is 12.1 Å². The van der Waals surface area contributed by atoms with Crippen molar-refractivity contribution < 1.29 is 27.9 Å². The molecule has 0 bridgehead atoms. The number of esters is 2. The number of rotatable bonds is 6. The molecule has 1 atom stereocenters. The summed E-state index contributed by atoms with van der Waals surface area (Å²) in [5.41, 5.74) is 2.26. The first-order chi connectivity index (χ1) is 18.4. The maximum absolute atomic E-state index is 14.6. The largest absolute Gasteiger partial charge is 0.466 e. The van der Waals surface area contributed by atoms with Gasteiger partial charge in [-0.15, -0.1) is 11.3 Å². The van der Waals surface area contributed by atoms with E-state index in [2.05, 4.69) is 15.3 Å². The number of benzene rings is 1. The van der Waals surface area contributed by atoms with Crippen LogP contribution in [0.1, 0.15) is 70.2 Å². The molecule has 9 nitrogen and oxygen atoms in total. The molecule has 2 aliphatic rings. The first-order valence-electron chi connectivity index (χ1n) is 12.3. The Morgan fingerprint density at radius 3 is 2.53 bits per heavy atom. The van der Waals surface area contributed by atoms with Gasteiger partial charge in [0.15, 0.2) is 22.4 Å². The zero-order valence-corrected chi connectivity index (χ0v) is 22.0. The van der Waals surface area contributed by atoms with Crippen LogP contribution >= 0.6 is 11.3 Å². The fourth-order valence-electron chi connectivity index (χ4n) is 5.12. The molecule has 3 aromatic rings. The fraction of sp³-hybridized carbons (Fsp3) is 0.370. The van der Waals surface area contributed by atoms with Crippen molar-refractivity contribution in [2.75, 3.05) is 14.2 Å². The maximum atomic E-state index is 14.6. The highest BCUT2D eigenvalue weighted by atomic mass is 32.1. The summed E-state index contributed by atoms with van der Waals surface area (Å²) in [5.74, 6) is -0.368. The summed E-state index contributed by atoms with van der Waals surface area (Å²) in [4.78, 5) is 38.5. The minimum absolute atomic E-state index is 0.0165. The van der Waals surface area contributed by atoms with Crippen LogP contribution in [-0.4, -0.2) is 42.0 Å². The van der Waals surface area contributed by atoms with Crippen molar-refractivity contribution >= 4 is 29.1 Å². The monoisotopic (exact) mass is 538 g/mol. The molecule has 0 amide bonds. The van der Waals surface area contributed by atoms with Gasteiger partial charge in [0, 0.05) is 23.2 Å². The number of aromatic nitrogens is 2. The minimum Gasteiger partial charge on any atom is -0.466 e. The molecule has 3 heterocycles. The number of carbonyl (C=O) groups excluding carboxylic acids is 2. The lowest BCUT2D eigenvalue weighted by Crippen LogP contribution is -2.37. The average molecular weight is 539 g/mol. The molecule has 11 heteroatoms. The van der Waals surface area contributed by atoms with E-state index < -0.39 is 18.0 Å². The molecule has 0 saturated heterocycles. The normalized spacial score (nSPS) is 21.5. The molecule has 1 aliphatic heterocycles. The molecule has 0 spiro atoms. The number of hydrogen-bond acceptors (Lipinski definition) is 10. The summed E-state index contributed by atoms with van der Waals surface area (Å²) in [5, 5.41) is 5.92. The molecule has 1 aliphatic carbocycles. The zero-order valence-electron chi connectivity index (χ0n) is 21.2. The first-order valence-corrected chi connectivity index (χ1v) is 13.1. The molecule has 1 fully saturated rings. The van der Waals surface area contributed by atoms with Gasteiger partial charge in [0.2, 0.25) is 0 Å². The number of hydrogen-bond donors (Lipinski definition) is 1. The van der Waals surface area contributed by atoms with E-state index in [9.17, 15) is 14.0 Å². The summed E-state index contributed by atoms with van der Waals surface area (Å²) in [6.45, 7) is 1.68. The van der Waals surface area contributed by atoms with Gasteiger partial charge in [-0.05, 0) is 55.7 Å². The van der Waals surface area contributed by atoms with Crippen LogP contribution in [0.4, 0.5) is 4.39 Å². The Hall–Kier alpha value is -3.86. The second-order valence-electron chi connectivity index (χ2n) is 9.23. The number of methoxy groups -OCH3 is 2. The van der Waals surface area contributed by atoms with Crippen LogP contribution < -0.4 is 5.32 Å². The third-order valence-corrected chi connectivity index (χ3v) is 7.90. The summed E-state index contributed by atoms with van der Waals surface area (Å²) >= 11 is 1.43. The standard InChI is InChI=1S/C27H27FN4O5S/c1-14-17(5-4-6-18(14)28)22-20(27(34)36-3)21(31-23(32-22)25-29-11-12-38-25)15-7-9-16(10-8-15)24-30-19(13-37-24)26(33)35-2/h4-6,11-13,15-16,22H,7-10H2,1-3H3,(H,31,32). The number of oxazole rings is 1. The van der Waals surface area contributed by atoms with Crippen molar-refractivity contribution in [1.29, 1.82) is 0 Å². The number of aliphatic imine (C=N–C) groups is 1. The third-order valence-electron chi connectivity index (χ3n) is 7.12. The average Bonchev–Trinajstić information content (AvgIpc) is 3.66. The second kappa shape index (κ2) is 10.9. The zero-order chi connectivity index (χ0) is 26.8. The van der Waals surface area contributed by atoms with Gasteiger partial charge in [-0.3, -0.25) is 4.99 Å². The summed E-state index contributed by atoms with van der Waals surface area (Å²) in [6, 6.07) is 4.05. The van der Waals surface area contributed by atoms with Crippen molar-refractivity contribution in [2.45, 2.75) is 44.6 Å². The first kappa shape index (κ1) is 25.8. The van der Waals surface area contributed by atoms with Crippen molar-refractivity contribution in [3.05, 3.63) is 80.8 Å². The van der Waals surface area contributed by atoms with Crippen LogP contribution in [0.15, 0.2) is 56.7 Å². The predicted octanol–water partition coefficient (Wildman–Crippen LogP) is 4.86. The number of carbonyl (C=O) groups is 2. The molecular formula is C27H27FN4O5S. The molecule has 0 radical (unpaired) electrons. The van der Waals surface area contributed by atoms with Crippen molar-refractivity contribution in [1.82, 2.24) is 15.3 Å². The van der Waals surface area contributed by atoms with E-state index in [0.717, 1.165) is 25.7 Å². The Bertz CT molecular complexity index is 1410. The lowest BCUT2D eigenvalue weighted by Gasteiger charge is -2.34. The van der Waals surface area contributed by atoms with E-state index >= 15 is 0 Å². The van der Waals surface area contributed by atoms with Crippen LogP contribution in [0.5, 0.6) is 0 Å². The van der Waals surface area contributed by atoms with E-state index in [1.54, 1.807) is 25.3 Å². The number of nitrogens with one attached hydrogen (secondary N) is 1. The van der Waals surface area contributed by atoms with E-state index in [1.165, 1.54) is 37.9 Å². The van der Waals surface area contributed by atoms with Crippen LogP contribution in [0.2, 0.25) is 0 Å². The number of allylic oxidation sites excluding steroid dienone is 1. The number of thiazole rings is 1. The van der Waals surface area contributed by atoms with E-state index in [-0.39, 0.29) is 23.3 Å². The molecule has 5 rings (SSSR count). The van der Waals surface area contributed by atoms with Crippen LogP contribution in [0, 0.1) is 18.7 Å². The van der Waals surface area contributed by atoms with Crippen LogP contribution in [0.25, 0.3) is 0 Å². The second-order valence-corrected chi connectivity index (χ2v) is 10.1. The van der Waals surface area contributed by atoms with E-state index in [4.69, 9.17) is 18.9 Å². The Morgan fingerprint density at radius 2 is 1.84 bits per heavy atom. The van der Waals surface area contributed by atoms with Crippen LogP contribution in [0.3, 0.4) is 0 Å². The van der Waals surface area contributed by atoms with Gasteiger partial charge in [0.1, 0.15) is 18.1 Å². The topological polar surface area (TPSA) is 116 Å². The highest BCUT2D eigenvalue weighted by Gasteiger charge is 2.38. The number of nitrogens with zero attached hydrogens (tertiary/aromatic N) is 3. The summed E-state index contributed by atoms with van der Waals surface area (Å²) < 4.78 is 30.1. The van der Waals surface area contributed by atoms with Crippen LogP contribution in [-0.2, 0) is 14.3 Å². The predicted molar refractivity (Wildman–Crippen MR) is 137 cm³/mol. The molecule has 1 saturated carbocycles. The summed E-state index contributed by atoms with van der Waals surface area (Å²) in [7, 11) is 2.63. The molecule has 198 valence electrons. The SMILES string of the molecule is COC(=O)C1=C(C2CCC(c3nc(C(=O)OC)co3)CC2)NC(c2nccs2)=NC1c1cccc(F)c1C. The minimum atomic E-state index is -0.750. The molecular weight excluding hydrogens is 511 g/mol. The van der Waals surface area contributed by atoms with Gasteiger partial charge in [-0.25, -0.2) is 23.9 Å². The third kappa shape index (κ3) is 4.85. The molecule has 1 unspecified atom stereocenters. The Balaban J connectivity index is 1.50. The lowest BCUT2D eigenvalue weighted by molar-refractivity contribution is -0.136. The highest BCUT2D eigenvalue weighted by Crippen LogP contribution is 2.43. The van der Waals surface area contributed by atoms with Crippen molar-refractivity contribution in [2.24, 2.45) is 10.9 Å². The molecule has 2 aromatic heterocycles. The highest BCUT2D eigenvalue weighted by molar-refractivity contribution is 7.11. The Labute approximate surface area is 222 Å². The fourth-order valence-corrected chi connectivity index (χ4v) is 5.71. The number of ether oxygens (including phenoxy) is 2. The number of halogens is 1. The molecule has 1 aromatic carbocycles. The molecule has 38 heavy (non-hydrogen) atoms. The quantitative estimate of drug-likeness (QED) is 0.443. The van der Waals surface area contributed by atoms with Crippen molar-refractivity contribution in [3.8, 4) is 0 Å². The van der Waals surface area contributed by atoms with E-state index in [1.807, 2.05) is 5.38 Å². The van der Waals surface area contributed by atoms with Gasteiger partial charge in [0.05, 0.1) is 19.8 Å². The number of amidine groups is 1. The van der Waals surface area contributed by atoms with Crippen molar-refractivity contribution in [3.63, 3.8) is 0 Å². The van der Waals surface area contributed by atoms with Gasteiger partial charge < -0.3 is 19.2 Å². The van der Waals surface area contributed by atoms with Gasteiger partial charge in [-0.2, -0.15) is 0 Å². The Morgan fingerprint density at radius 1 is 1.11 bits per heavy atom. The van der Waals surface area contributed by atoms with Gasteiger partial charge >= 0.3 is 11.9 Å². The Kier molecular flexibility index (Phi) is 7.37.